The predicted octanol–water partition coefficient (Wildman–Crippen LogP) is 4.49. The third kappa shape index (κ3) is 6.45. The molecule has 2 rings (SSSR count). The molecule has 0 aliphatic rings. The summed E-state index contributed by atoms with van der Waals surface area (Å²) in [5.41, 5.74) is 5.15. The van der Waals surface area contributed by atoms with Crippen molar-refractivity contribution >= 4 is 11.8 Å². The topological polar surface area (TPSA) is 49.4 Å². The van der Waals surface area contributed by atoms with Gasteiger partial charge in [0.15, 0.2) is 0 Å². The summed E-state index contributed by atoms with van der Waals surface area (Å²) in [6.45, 7) is 14.2. The second-order valence-electron chi connectivity index (χ2n) is 8.96. The van der Waals surface area contributed by atoms with Crippen LogP contribution in [0.4, 0.5) is 0 Å². The van der Waals surface area contributed by atoms with Crippen molar-refractivity contribution in [3.05, 3.63) is 70.3 Å². The van der Waals surface area contributed by atoms with Crippen LogP contribution in [0.25, 0.3) is 0 Å². The van der Waals surface area contributed by atoms with E-state index in [1.807, 2.05) is 71.0 Å². The lowest BCUT2D eigenvalue weighted by atomic mass is 10.0. The lowest BCUT2D eigenvalue weighted by Crippen LogP contribution is -2.52. The molecule has 0 saturated carbocycles. The van der Waals surface area contributed by atoms with Crippen molar-refractivity contribution in [1.82, 2.24) is 10.2 Å². The van der Waals surface area contributed by atoms with E-state index < -0.39 is 6.04 Å². The molecule has 0 aliphatic heterocycles. The minimum absolute atomic E-state index is 0.0481. The molecule has 0 saturated heterocycles. The van der Waals surface area contributed by atoms with Gasteiger partial charge in [-0.05, 0) is 76.3 Å². The van der Waals surface area contributed by atoms with Crippen molar-refractivity contribution in [2.45, 2.75) is 73.0 Å². The third-order valence-corrected chi connectivity index (χ3v) is 5.19. The number of rotatable bonds is 6. The van der Waals surface area contributed by atoms with Crippen LogP contribution in [0.15, 0.2) is 42.5 Å². The van der Waals surface area contributed by atoms with Gasteiger partial charge in [0.2, 0.25) is 11.8 Å². The van der Waals surface area contributed by atoms with E-state index in [9.17, 15) is 9.59 Å². The van der Waals surface area contributed by atoms with Gasteiger partial charge in [-0.15, -0.1) is 0 Å². The maximum absolute atomic E-state index is 13.3. The first kappa shape index (κ1) is 22.7. The van der Waals surface area contributed by atoms with E-state index in [2.05, 4.69) is 18.3 Å². The molecule has 0 fully saturated rings. The lowest BCUT2D eigenvalue weighted by molar-refractivity contribution is -0.140. The highest BCUT2D eigenvalue weighted by Gasteiger charge is 2.28. The quantitative estimate of drug-likeness (QED) is 0.785. The second-order valence-corrected chi connectivity index (χ2v) is 8.96. The lowest BCUT2D eigenvalue weighted by Gasteiger charge is -2.32. The number of carbonyl (C=O) groups excluding carboxylic acids is 2. The SMILES string of the molecule is Cc1ccc(CC(=O)N(Cc2ccccc2C)[C@H](C)C(=O)NC(C)(C)C)cc1C. The van der Waals surface area contributed by atoms with Crippen LogP contribution in [-0.4, -0.2) is 28.3 Å². The Hall–Kier alpha value is -2.62. The molecule has 1 N–H and O–H groups in total. The molecule has 4 heteroatoms. The van der Waals surface area contributed by atoms with E-state index in [1.54, 1.807) is 11.8 Å². The van der Waals surface area contributed by atoms with Crippen molar-refractivity contribution in [3.8, 4) is 0 Å². The van der Waals surface area contributed by atoms with Crippen LogP contribution in [0.2, 0.25) is 0 Å². The third-order valence-electron chi connectivity index (χ3n) is 5.19. The Morgan fingerprint density at radius 1 is 0.966 bits per heavy atom. The number of hydrogen-bond acceptors (Lipinski definition) is 2. The van der Waals surface area contributed by atoms with Gasteiger partial charge in [0.25, 0.3) is 0 Å². The molecule has 0 aromatic heterocycles. The first-order chi connectivity index (χ1) is 13.5. The fourth-order valence-corrected chi connectivity index (χ4v) is 3.22. The van der Waals surface area contributed by atoms with E-state index in [0.29, 0.717) is 6.54 Å². The summed E-state index contributed by atoms with van der Waals surface area (Å²) in [7, 11) is 0. The molecule has 0 spiro atoms. The Balaban J connectivity index is 2.29. The molecule has 0 radical (unpaired) electrons. The Bertz CT molecular complexity index is 881. The molecular formula is C25H34N2O2. The van der Waals surface area contributed by atoms with E-state index in [0.717, 1.165) is 16.7 Å². The standard InChI is InChI=1S/C25H34N2O2/c1-17-12-13-21(14-19(17)3)15-23(28)27(16-22-11-9-8-10-18(22)2)20(4)24(29)26-25(5,6)7/h8-14,20H,15-16H2,1-7H3,(H,26,29)/t20-/m1/s1. The van der Waals surface area contributed by atoms with E-state index in [4.69, 9.17) is 0 Å². The van der Waals surface area contributed by atoms with Crippen LogP contribution in [0.1, 0.15) is 55.5 Å². The Morgan fingerprint density at radius 3 is 2.21 bits per heavy atom. The largest absolute Gasteiger partial charge is 0.350 e. The summed E-state index contributed by atoms with van der Waals surface area (Å²) in [5.74, 6) is -0.187. The summed E-state index contributed by atoms with van der Waals surface area (Å²) < 4.78 is 0. The highest BCUT2D eigenvalue weighted by molar-refractivity contribution is 5.88. The molecule has 29 heavy (non-hydrogen) atoms. The fraction of sp³-hybridized carbons (Fsp3) is 0.440. The molecule has 0 unspecified atom stereocenters. The molecule has 2 aromatic rings. The monoisotopic (exact) mass is 394 g/mol. The number of nitrogens with zero attached hydrogens (tertiary/aromatic N) is 1. The van der Waals surface area contributed by atoms with Gasteiger partial charge in [-0.1, -0.05) is 42.5 Å². The number of carbonyl (C=O) groups is 2. The second kappa shape index (κ2) is 9.25. The zero-order chi connectivity index (χ0) is 21.8. The Kier molecular flexibility index (Phi) is 7.23. The molecule has 0 bridgehead atoms. The maximum Gasteiger partial charge on any atom is 0.242 e. The van der Waals surface area contributed by atoms with Gasteiger partial charge >= 0.3 is 0 Å². The molecular weight excluding hydrogens is 360 g/mol. The molecule has 4 nitrogen and oxygen atoms in total. The van der Waals surface area contributed by atoms with Crippen LogP contribution in [0.3, 0.4) is 0 Å². The summed E-state index contributed by atoms with van der Waals surface area (Å²) in [4.78, 5) is 27.8. The van der Waals surface area contributed by atoms with Gasteiger partial charge in [0.1, 0.15) is 6.04 Å². The van der Waals surface area contributed by atoms with Gasteiger partial charge in [-0.25, -0.2) is 0 Å². The minimum Gasteiger partial charge on any atom is -0.350 e. The zero-order valence-corrected chi connectivity index (χ0v) is 18.8. The summed E-state index contributed by atoms with van der Waals surface area (Å²) >= 11 is 0. The number of benzene rings is 2. The smallest absolute Gasteiger partial charge is 0.242 e. The van der Waals surface area contributed by atoms with Gasteiger partial charge in [-0.3, -0.25) is 9.59 Å². The van der Waals surface area contributed by atoms with Crippen molar-refractivity contribution < 1.29 is 9.59 Å². The summed E-state index contributed by atoms with van der Waals surface area (Å²) in [6, 6.07) is 13.5. The maximum atomic E-state index is 13.3. The summed E-state index contributed by atoms with van der Waals surface area (Å²) in [5, 5.41) is 3.00. The van der Waals surface area contributed by atoms with Gasteiger partial charge in [-0.2, -0.15) is 0 Å². The molecule has 2 amide bonds. The Morgan fingerprint density at radius 2 is 1.62 bits per heavy atom. The predicted molar refractivity (Wildman–Crippen MR) is 119 cm³/mol. The number of nitrogens with one attached hydrogen (secondary N) is 1. The van der Waals surface area contributed by atoms with Crippen molar-refractivity contribution in [2.75, 3.05) is 0 Å². The number of hydrogen-bond donors (Lipinski definition) is 1. The first-order valence-electron chi connectivity index (χ1n) is 10.2. The Labute approximate surface area is 175 Å². The molecule has 0 heterocycles. The molecule has 2 aromatic carbocycles. The van der Waals surface area contributed by atoms with Gasteiger partial charge < -0.3 is 10.2 Å². The van der Waals surface area contributed by atoms with Gasteiger partial charge in [0.05, 0.1) is 6.42 Å². The van der Waals surface area contributed by atoms with Gasteiger partial charge in [0, 0.05) is 12.1 Å². The fourth-order valence-electron chi connectivity index (χ4n) is 3.22. The zero-order valence-electron chi connectivity index (χ0n) is 18.8. The van der Waals surface area contributed by atoms with Crippen LogP contribution in [-0.2, 0) is 22.6 Å². The van der Waals surface area contributed by atoms with Crippen LogP contribution < -0.4 is 5.32 Å². The summed E-state index contributed by atoms with van der Waals surface area (Å²) in [6.07, 6.45) is 0.278. The normalized spacial score (nSPS) is 12.4. The van der Waals surface area contributed by atoms with E-state index in [-0.39, 0.29) is 23.8 Å². The highest BCUT2D eigenvalue weighted by Crippen LogP contribution is 2.17. The number of aryl methyl sites for hydroxylation is 3. The number of amides is 2. The first-order valence-corrected chi connectivity index (χ1v) is 10.2. The van der Waals surface area contributed by atoms with Crippen LogP contribution in [0, 0.1) is 20.8 Å². The molecule has 1 atom stereocenters. The van der Waals surface area contributed by atoms with Crippen LogP contribution in [0.5, 0.6) is 0 Å². The minimum atomic E-state index is -0.562. The highest BCUT2D eigenvalue weighted by atomic mass is 16.2. The van der Waals surface area contributed by atoms with Crippen LogP contribution >= 0.6 is 0 Å². The molecule has 156 valence electrons. The average Bonchev–Trinajstić information content (AvgIpc) is 2.62. The van der Waals surface area contributed by atoms with Crippen molar-refractivity contribution in [1.29, 1.82) is 0 Å². The van der Waals surface area contributed by atoms with Crippen molar-refractivity contribution in [3.63, 3.8) is 0 Å². The van der Waals surface area contributed by atoms with Crippen molar-refractivity contribution in [2.24, 2.45) is 0 Å². The average molecular weight is 395 g/mol. The molecule has 0 aliphatic carbocycles. The van der Waals surface area contributed by atoms with E-state index >= 15 is 0 Å². The van der Waals surface area contributed by atoms with E-state index in [1.165, 1.54) is 11.1 Å².